The van der Waals surface area contributed by atoms with Crippen LogP contribution in [0.4, 0.5) is 20.4 Å². The number of amides is 2. The van der Waals surface area contributed by atoms with Gasteiger partial charge < -0.3 is 10.6 Å². The number of carbonyl (C=O) groups excluding carboxylic acids is 2. The number of nitrogens with one attached hydrogen (secondary N) is 2. The monoisotopic (exact) mass is 449 g/mol. The number of hydrogen-bond donors (Lipinski definition) is 2. The fourth-order valence-electron chi connectivity index (χ4n) is 2.67. The fraction of sp³-hybridized carbons (Fsp3) is 0.0952. The van der Waals surface area contributed by atoms with Crippen LogP contribution in [0.15, 0.2) is 54.6 Å². The summed E-state index contributed by atoms with van der Waals surface area (Å²) < 4.78 is 27.7. The van der Waals surface area contributed by atoms with Crippen LogP contribution in [0.2, 0.25) is 10.0 Å². The second kappa shape index (κ2) is 9.65. The van der Waals surface area contributed by atoms with Crippen molar-refractivity contribution in [2.75, 3.05) is 10.6 Å². The van der Waals surface area contributed by atoms with Crippen molar-refractivity contribution in [1.82, 2.24) is 4.98 Å². The first-order chi connectivity index (χ1) is 14.3. The third kappa shape index (κ3) is 5.52. The van der Waals surface area contributed by atoms with Crippen LogP contribution in [-0.2, 0) is 22.4 Å². The average molecular weight is 450 g/mol. The van der Waals surface area contributed by atoms with Crippen LogP contribution >= 0.6 is 23.2 Å². The third-order valence-corrected chi connectivity index (χ3v) is 4.79. The molecule has 5 nitrogen and oxygen atoms in total. The van der Waals surface area contributed by atoms with Gasteiger partial charge in [-0.05, 0) is 36.4 Å². The van der Waals surface area contributed by atoms with Gasteiger partial charge in [-0.2, -0.15) is 0 Å². The molecule has 2 aromatic carbocycles. The number of hydrogen-bond acceptors (Lipinski definition) is 3. The molecular formula is C21H15Cl2F2N3O2. The summed E-state index contributed by atoms with van der Waals surface area (Å²) in [5.41, 5.74) is 0.144. The molecule has 1 aromatic heterocycles. The smallest absolute Gasteiger partial charge is 0.230 e. The highest BCUT2D eigenvalue weighted by Gasteiger charge is 2.14. The highest BCUT2D eigenvalue weighted by Crippen LogP contribution is 2.21. The minimum absolute atomic E-state index is 0.0721. The highest BCUT2D eigenvalue weighted by molar-refractivity contribution is 6.32. The summed E-state index contributed by atoms with van der Waals surface area (Å²) in [6.45, 7) is 0. The Balaban J connectivity index is 1.64. The summed E-state index contributed by atoms with van der Waals surface area (Å²) in [7, 11) is 0. The molecule has 30 heavy (non-hydrogen) atoms. The van der Waals surface area contributed by atoms with Crippen LogP contribution in [-0.4, -0.2) is 16.8 Å². The molecule has 9 heteroatoms. The number of aromatic nitrogens is 1. The van der Waals surface area contributed by atoms with Crippen LogP contribution in [0.25, 0.3) is 0 Å². The summed E-state index contributed by atoms with van der Waals surface area (Å²) in [5, 5.41) is 5.33. The summed E-state index contributed by atoms with van der Waals surface area (Å²) in [6.07, 6.45) is -0.564. The number of pyridine rings is 1. The first-order valence-corrected chi connectivity index (χ1v) is 9.51. The molecule has 0 saturated heterocycles. The Morgan fingerprint density at radius 1 is 0.733 bits per heavy atom. The summed E-state index contributed by atoms with van der Waals surface area (Å²) in [6, 6.07) is 12.9. The van der Waals surface area contributed by atoms with Crippen molar-refractivity contribution in [3.05, 3.63) is 87.4 Å². The maximum absolute atomic E-state index is 13.8. The Labute approximate surface area is 181 Å². The second-order valence-corrected chi connectivity index (χ2v) is 7.07. The SMILES string of the molecule is O=C(Cc1c(F)cccc1Cl)Nc1cccc(NC(=O)Cc2c(F)cccc2Cl)n1. The second-order valence-electron chi connectivity index (χ2n) is 6.26. The number of anilines is 2. The predicted octanol–water partition coefficient (Wildman–Crippen LogP) is 5.03. The number of benzene rings is 2. The Morgan fingerprint density at radius 2 is 1.13 bits per heavy atom. The van der Waals surface area contributed by atoms with Gasteiger partial charge in [-0.3, -0.25) is 9.59 Å². The van der Waals surface area contributed by atoms with E-state index in [1.807, 2.05) is 0 Å². The summed E-state index contributed by atoms with van der Waals surface area (Å²) in [4.78, 5) is 28.5. The zero-order valence-corrected chi connectivity index (χ0v) is 16.9. The van der Waals surface area contributed by atoms with Gasteiger partial charge in [0.25, 0.3) is 0 Å². The Morgan fingerprint density at radius 3 is 1.53 bits per heavy atom. The standard InChI is InChI=1S/C21H15Cl2F2N3O2/c22-14-4-1-6-16(24)12(14)10-20(29)27-18-8-3-9-19(26-18)28-21(30)11-13-15(23)5-2-7-17(13)25/h1-9H,10-11H2,(H2,26,27,28,29,30). The molecule has 1 heterocycles. The normalized spacial score (nSPS) is 10.5. The van der Waals surface area contributed by atoms with Crippen molar-refractivity contribution < 1.29 is 18.4 Å². The molecule has 2 amide bonds. The lowest BCUT2D eigenvalue weighted by Crippen LogP contribution is -2.19. The lowest BCUT2D eigenvalue weighted by molar-refractivity contribution is -0.116. The molecule has 0 aliphatic rings. The van der Waals surface area contributed by atoms with E-state index in [4.69, 9.17) is 23.2 Å². The number of nitrogens with zero attached hydrogens (tertiary/aromatic N) is 1. The predicted molar refractivity (Wildman–Crippen MR) is 112 cm³/mol. The topological polar surface area (TPSA) is 71.1 Å². The molecular weight excluding hydrogens is 435 g/mol. The average Bonchev–Trinajstić information content (AvgIpc) is 2.68. The molecule has 3 aromatic rings. The van der Waals surface area contributed by atoms with Gasteiger partial charge >= 0.3 is 0 Å². The third-order valence-electron chi connectivity index (χ3n) is 4.08. The Kier molecular flexibility index (Phi) is 6.97. The molecule has 0 fully saturated rings. The Bertz CT molecular complexity index is 986. The molecule has 0 spiro atoms. The molecule has 3 rings (SSSR count). The van der Waals surface area contributed by atoms with Crippen molar-refractivity contribution in [3.63, 3.8) is 0 Å². The van der Waals surface area contributed by atoms with E-state index < -0.39 is 23.4 Å². The maximum Gasteiger partial charge on any atom is 0.230 e. The van der Waals surface area contributed by atoms with Gasteiger partial charge in [0.15, 0.2) is 0 Å². The van der Waals surface area contributed by atoms with E-state index in [1.54, 1.807) is 6.07 Å². The van der Waals surface area contributed by atoms with Crippen molar-refractivity contribution >= 4 is 46.7 Å². The maximum atomic E-state index is 13.8. The van der Waals surface area contributed by atoms with E-state index in [-0.39, 0.29) is 45.6 Å². The molecule has 0 atom stereocenters. The molecule has 0 radical (unpaired) electrons. The lowest BCUT2D eigenvalue weighted by Gasteiger charge is -2.10. The quantitative estimate of drug-likeness (QED) is 0.554. The van der Waals surface area contributed by atoms with E-state index in [9.17, 15) is 18.4 Å². The first-order valence-electron chi connectivity index (χ1n) is 8.76. The molecule has 0 saturated carbocycles. The van der Waals surface area contributed by atoms with Crippen molar-refractivity contribution in [3.8, 4) is 0 Å². The molecule has 0 unspecified atom stereocenters. The van der Waals surface area contributed by atoms with Crippen LogP contribution in [0.3, 0.4) is 0 Å². The van der Waals surface area contributed by atoms with Crippen LogP contribution in [0.5, 0.6) is 0 Å². The van der Waals surface area contributed by atoms with Crippen molar-refractivity contribution in [2.24, 2.45) is 0 Å². The van der Waals surface area contributed by atoms with Gasteiger partial charge in [0.1, 0.15) is 23.3 Å². The molecule has 2 N–H and O–H groups in total. The largest absolute Gasteiger partial charge is 0.310 e. The van der Waals surface area contributed by atoms with E-state index in [2.05, 4.69) is 15.6 Å². The van der Waals surface area contributed by atoms with Gasteiger partial charge in [-0.25, -0.2) is 13.8 Å². The van der Waals surface area contributed by atoms with Crippen molar-refractivity contribution in [2.45, 2.75) is 12.8 Å². The highest BCUT2D eigenvalue weighted by atomic mass is 35.5. The van der Waals surface area contributed by atoms with E-state index in [0.29, 0.717) is 0 Å². The van der Waals surface area contributed by atoms with Crippen LogP contribution in [0.1, 0.15) is 11.1 Å². The van der Waals surface area contributed by atoms with E-state index in [0.717, 1.165) is 0 Å². The zero-order chi connectivity index (χ0) is 21.7. The Hall–Kier alpha value is -3.03. The molecule has 0 aliphatic carbocycles. The minimum atomic E-state index is -0.585. The van der Waals surface area contributed by atoms with E-state index >= 15 is 0 Å². The summed E-state index contributed by atoms with van der Waals surface area (Å²) in [5.74, 6) is -1.94. The van der Waals surface area contributed by atoms with Gasteiger partial charge in [-0.1, -0.05) is 41.4 Å². The van der Waals surface area contributed by atoms with Crippen LogP contribution in [0, 0.1) is 11.6 Å². The number of halogens is 4. The zero-order valence-electron chi connectivity index (χ0n) is 15.4. The van der Waals surface area contributed by atoms with Gasteiger partial charge in [0.05, 0.1) is 12.8 Å². The van der Waals surface area contributed by atoms with E-state index in [1.165, 1.54) is 48.5 Å². The van der Waals surface area contributed by atoms with Crippen LogP contribution < -0.4 is 10.6 Å². The van der Waals surface area contributed by atoms with Gasteiger partial charge in [0, 0.05) is 21.2 Å². The lowest BCUT2D eigenvalue weighted by atomic mass is 10.1. The molecule has 0 bridgehead atoms. The minimum Gasteiger partial charge on any atom is -0.310 e. The number of carbonyl (C=O) groups is 2. The van der Waals surface area contributed by atoms with Crippen molar-refractivity contribution in [1.29, 1.82) is 0 Å². The molecule has 0 aliphatic heterocycles. The van der Waals surface area contributed by atoms with Gasteiger partial charge in [0.2, 0.25) is 11.8 Å². The first kappa shape index (κ1) is 21.7. The molecule has 154 valence electrons. The summed E-state index contributed by atoms with van der Waals surface area (Å²) >= 11 is 11.9. The number of rotatable bonds is 6. The fourth-order valence-corrected chi connectivity index (χ4v) is 3.13. The van der Waals surface area contributed by atoms with Gasteiger partial charge in [-0.15, -0.1) is 0 Å².